The Morgan fingerprint density at radius 3 is 2.13 bits per heavy atom. The van der Waals surface area contributed by atoms with Crippen molar-refractivity contribution in [3.05, 3.63) is 23.8 Å². The number of nitrogens with two attached hydrogens (primary N) is 1. The molecule has 0 aromatic heterocycles. The first-order valence-electron chi connectivity index (χ1n) is 3.55. The van der Waals surface area contributed by atoms with Gasteiger partial charge in [0.1, 0.15) is 10.6 Å². The van der Waals surface area contributed by atoms with Gasteiger partial charge in [0.15, 0.2) is 0 Å². The lowest BCUT2D eigenvalue weighted by atomic mass is 10.2. The van der Waals surface area contributed by atoms with E-state index in [1.54, 1.807) is 0 Å². The number of sulfonamides is 1. The van der Waals surface area contributed by atoms with E-state index in [2.05, 4.69) is 5.14 Å². The van der Waals surface area contributed by atoms with Gasteiger partial charge in [-0.15, -0.1) is 0 Å². The van der Waals surface area contributed by atoms with Crippen LogP contribution in [0.5, 0.6) is 5.75 Å². The van der Waals surface area contributed by atoms with Crippen LogP contribution in [0.15, 0.2) is 23.1 Å². The second-order valence-electron chi connectivity index (χ2n) is 2.73. The first-order chi connectivity index (χ1) is 6.62. The molecule has 1 aromatic carbocycles. The minimum Gasteiger partial charge on any atom is -0.507 e. The highest BCUT2D eigenvalue weighted by Crippen LogP contribution is 2.33. The summed E-state index contributed by atoms with van der Waals surface area (Å²) in [5.41, 5.74) is -1.15. The van der Waals surface area contributed by atoms with Crippen LogP contribution >= 0.6 is 0 Å². The van der Waals surface area contributed by atoms with Crippen LogP contribution in [-0.4, -0.2) is 13.5 Å². The van der Waals surface area contributed by atoms with Crippen LogP contribution < -0.4 is 5.14 Å². The van der Waals surface area contributed by atoms with Crippen molar-refractivity contribution in [3.8, 4) is 5.75 Å². The van der Waals surface area contributed by atoms with Gasteiger partial charge in [0, 0.05) is 0 Å². The van der Waals surface area contributed by atoms with E-state index >= 15 is 0 Å². The van der Waals surface area contributed by atoms with Gasteiger partial charge in [0.25, 0.3) is 0 Å². The Morgan fingerprint density at radius 2 is 1.80 bits per heavy atom. The molecule has 0 heterocycles. The Kier molecular flexibility index (Phi) is 2.66. The molecule has 0 aliphatic heterocycles. The third-order valence-electron chi connectivity index (χ3n) is 1.59. The minimum absolute atomic E-state index is 0.305. The van der Waals surface area contributed by atoms with Crippen LogP contribution in [-0.2, 0) is 16.2 Å². The van der Waals surface area contributed by atoms with E-state index in [9.17, 15) is 21.6 Å². The summed E-state index contributed by atoms with van der Waals surface area (Å²) in [6.07, 6.45) is -4.64. The Morgan fingerprint density at radius 1 is 1.27 bits per heavy atom. The second-order valence-corrected chi connectivity index (χ2v) is 4.26. The fourth-order valence-electron chi connectivity index (χ4n) is 0.934. The summed E-state index contributed by atoms with van der Waals surface area (Å²) in [6, 6.07) is 1.44. The van der Waals surface area contributed by atoms with Gasteiger partial charge in [0.05, 0.1) is 5.56 Å². The molecular formula is C7H6F3NO3S. The number of hydrogen-bond acceptors (Lipinski definition) is 3. The fourth-order valence-corrected chi connectivity index (χ4v) is 1.54. The van der Waals surface area contributed by atoms with E-state index in [0.717, 1.165) is 0 Å². The summed E-state index contributed by atoms with van der Waals surface area (Å²) in [7, 11) is -4.21. The summed E-state index contributed by atoms with van der Waals surface area (Å²) in [6.45, 7) is 0. The molecule has 0 saturated carbocycles. The molecule has 0 atom stereocenters. The SMILES string of the molecule is NS(=O)(=O)c1ccc(C(F)(F)F)cc1O. The maximum Gasteiger partial charge on any atom is 0.416 e. The molecule has 0 aliphatic rings. The van der Waals surface area contributed by atoms with E-state index in [1.165, 1.54) is 0 Å². The van der Waals surface area contributed by atoms with Gasteiger partial charge in [-0.2, -0.15) is 13.2 Å². The molecular weight excluding hydrogens is 235 g/mol. The summed E-state index contributed by atoms with van der Waals surface area (Å²) < 4.78 is 57.8. The lowest BCUT2D eigenvalue weighted by molar-refractivity contribution is -0.137. The van der Waals surface area contributed by atoms with Gasteiger partial charge in [0.2, 0.25) is 10.0 Å². The van der Waals surface area contributed by atoms with Gasteiger partial charge in [-0.1, -0.05) is 0 Å². The number of phenolic OH excluding ortho intramolecular Hbond substituents is 1. The summed E-state index contributed by atoms with van der Waals surface area (Å²) in [5, 5.41) is 13.7. The van der Waals surface area contributed by atoms with Gasteiger partial charge >= 0.3 is 6.18 Å². The van der Waals surface area contributed by atoms with E-state index in [4.69, 9.17) is 5.11 Å². The lowest BCUT2D eigenvalue weighted by Crippen LogP contribution is -2.13. The average Bonchev–Trinajstić information content (AvgIpc) is 1.99. The number of primary sulfonamides is 1. The Labute approximate surface area is 83.2 Å². The van der Waals surface area contributed by atoms with E-state index in [-0.39, 0.29) is 0 Å². The molecule has 0 aliphatic carbocycles. The Hall–Kier alpha value is -1.28. The number of aromatic hydroxyl groups is 1. The molecule has 0 unspecified atom stereocenters. The normalized spacial score (nSPS) is 12.8. The molecule has 8 heteroatoms. The zero-order valence-corrected chi connectivity index (χ0v) is 7.93. The Balaban J connectivity index is 3.34. The number of halogens is 3. The second kappa shape index (κ2) is 3.38. The van der Waals surface area contributed by atoms with Crippen molar-refractivity contribution in [2.75, 3.05) is 0 Å². The molecule has 0 radical (unpaired) electrons. The molecule has 4 nitrogen and oxygen atoms in total. The highest BCUT2D eigenvalue weighted by molar-refractivity contribution is 7.89. The predicted octanol–water partition coefficient (Wildman–Crippen LogP) is 1.06. The zero-order chi connectivity index (χ0) is 11.9. The van der Waals surface area contributed by atoms with Crippen LogP contribution in [0.2, 0.25) is 0 Å². The smallest absolute Gasteiger partial charge is 0.416 e. The third kappa shape index (κ3) is 2.60. The van der Waals surface area contributed by atoms with Crippen molar-refractivity contribution in [3.63, 3.8) is 0 Å². The van der Waals surface area contributed by atoms with Crippen LogP contribution in [0, 0.1) is 0 Å². The zero-order valence-electron chi connectivity index (χ0n) is 7.12. The number of hydrogen-bond donors (Lipinski definition) is 2. The van der Waals surface area contributed by atoms with Crippen LogP contribution in [0.1, 0.15) is 5.56 Å². The van der Waals surface area contributed by atoms with Gasteiger partial charge in [-0.05, 0) is 18.2 Å². The first-order valence-corrected chi connectivity index (χ1v) is 5.10. The summed E-state index contributed by atoms with van der Waals surface area (Å²) >= 11 is 0. The maximum absolute atomic E-state index is 12.1. The maximum atomic E-state index is 12.1. The molecule has 0 fully saturated rings. The first kappa shape index (κ1) is 11.8. The van der Waals surface area contributed by atoms with Crippen molar-refractivity contribution in [2.45, 2.75) is 11.1 Å². The quantitative estimate of drug-likeness (QED) is 0.771. The van der Waals surface area contributed by atoms with E-state index in [0.29, 0.717) is 18.2 Å². The van der Waals surface area contributed by atoms with Crippen LogP contribution in [0.4, 0.5) is 13.2 Å². The van der Waals surface area contributed by atoms with Crippen molar-refractivity contribution in [2.24, 2.45) is 5.14 Å². The van der Waals surface area contributed by atoms with Crippen LogP contribution in [0.25, 0.3) is 0 Å². The number of phenols is 1. The summed E-state index contributed by atoms with van der Waals surface area (Å²) in [5.74, 6) is -1.02. The number of rotatable bonds is 1. The highest BCUT2D eigenvalue weighted by atomic mass is 32.2. The van der Waals surface area contributed by atoms with Crippen molar-refractivity contribution >= 4 is 10.0 Å². The monoisotopic (exact) mass is 241 g/mol. The molecule has 0 bridgehead atoms. The molecule has 0 amide bonds. The minimum atomic E-state index is -4.64. The topological polar surface area (TPSA) is 80.4 Å². The van der Waals surface area contributed by atoms with Crippen LogP contribution in [0.3, 0.4) is 0 Å². The number of alkyl halides is 3. The van der Waals surface area contributed by atoms with E-state index < -0.39 is 32.4 Å². The standard InChI is InChI=1S/C7H6F3NO3S/c8-7(9,10)4-1-2-6(5(12)3-4)15(11,13)14/h1-3,12H,(H2,11,13,14). The molecule has 1 aromatic rings. The predicted molar refractivity (Wildman–Crippen MR) is 44.5 cm³/mol. The van der Waals surface area contributed by atoms with Crippen molar-refractivity contribution < 1.29 is 26.7 Å². The molecule has 15 heavy (non-hydrogen) atoms. The Bertz CT molecular complexity index is 481. The summed E-state index contributed by atoms with van der Waals surface area (Å²) in [4.78, 5) is -0.740. The van der Waals surface area contributed by atoms with E-state index in [1.807, 2.05) is 0 Å². The molecule has 1 rings (SSSR count). The largest absolute Gasteiger partial charge is 0.507 e. The highest BCUT2D eigenvalue weighted by Gasteiger charge is 2.31. The van der Waals surface area contributed by atoms with Gasteiger partial charge in [-0.3, -0.25) is 0 Å². The van der Waals surface area contributed by atoms with Crippen molar-refractivity contribution in [1.29, 1.82) is 0 Å². The number of benzene rings is 1. The molecule has 84 valence electrons. The lowest BCUT2D eigenvalue weighted by Gasteiger charge is -2.08. The molecule has 0 spiro atoms. The van der Waals surface area contributed by atoms with Gasteiger partial charge < -0.3 is 5.11 Å². The average molecular weight is 241 g/mol. The van der Waals surface area contributed by atoms with Crippen molar-refractivity contribution in [1.82, 2.24) is 0 Å². The molecule has 0 saturated heterocycles. The van der Waals surface area contributed by atoms with Gasteiger partial charge in [-0.25, -0.2) is 13.6 Å². The molecule has 3 N–H and O–H groups in total. The third-order valence-corrected chi connectivity index (χ3v) is 2.55. The fraction of sp³-hybridized carbons (Fsp3) is 0.143.